The number of carboxylic acid groups (broad SMARTS) is 2. The Morgan fingerprint density at radius 3 is 2.05 bits per heavy atom. The highest BCUT2D eigenvalue weighted by Crippen LogP contribution is 2.24. The molecular formula is C15H15ClO5. The van der Waals surface area contributed by atoms with Crippen molar-refractivity contribution in [3.8, 4) is 0 Å². The van der Waals surface area contributed by atoms with Gasteiger partial charge in [-0.3, -0.25) is 14.4 Å². The van der Waals surface area contributed by atoms with Crippen LogP contribution in [-0.4, -0.2) is 27.4 Å². The van der Waals surface area contributed by atoms with E-state index in [0.29, 0.717) is 18.4 Å². The predicted molar refractivity (Wildman–Crippen MR) is 77.3 cm³/mol. The number of carbonyl (C=O) groups is 3. The van der Waals surface area contributed by atoms with Gasteiger partial charge >= 0.3 is 11.9 Å². The van der Waals surface area contributed by atoms with E-state index in [1.54, 1.807) is 30.3 Å². The van der Waals surface area contributed by atoms with Gasteiger partial charge in [-0.25, -0.2) is 0 Å². The average Bonchev–Trinajstić information content (AvgIpc) is 2.48. The molecule has 6 heteroatoms. The molecule has 0 bridgehead atoms. The molecule has 2 atom stereocenters. The lowest BCUT2D eigenvalue weighted by Gasteiger charge is -2.19. The summed E-state index contributed by atoms with van der Waals surface area (Å²) >= 11 is 5.16. The molecule has 1 aromatic rings. The molecule has 21 heavy (non-hydrogen) atoms. The van der Waals surface area contributed by atoms with E-state index in [2.05, 4.69) is 0 Å². The van der Waals surface area contributed by atoms with Gasteiger partial charge in [0.1, 0.15) is 0 Å². The molecule has 0 saturated heterocycles. The minimum Gasteiger partial charge on any atom is -0.481 e. The van der Waals surface area contributed by atoms with Crippen molar-refractivity contribution in [1.29, 1.82) is 0 Å². The van der Waals surface area contributed by atoms with E-state index in [1.807, 2.05) is 6.07 Å². The van der Waals surface area contributed by atoms with Crippen LogP contribution in [0.3, 0.4) is 0 Å². The van der Waals surface area contributed by atoms with Crippen LogP contribution >= 0.6 is 11.6 Å². The summed E-state index contributed by atoms with van der Waals surface area (Å²) in [6.45, 7) is 0. The molecule has 0 aliphatic heterocycles. The maximum atomic E-state index is 10.6. The highest BCUT2D eigenvalue weighted by molar-refractivity contribution is 6.67. The zero-order valence-electron chi connectivity index (χ0n) is 11.1. The molecular weight excluding hydrogens is 296 g/mol. The number of hydrogen-bond donors (Lipinski definition) is 2. The summed E-state index contributed by atoms with van der Waals surface area (Å²) in [6, 6.07) is 8.74. The highest BCUT2D eigenvalue weighted by atomic mass is 35.5. The van der Waals surface area contributed by atoms with Gasteiger partial charge in [0.15, 0.2) is 0 Å². The fourth-order valence-corrected chi connectivity index (χ4v) is 2.06. The molecule has 0 fully saturated rings. The summed E-state index contributed by atoms with van der Waals surface area (Å²) in [5, 5.41) is 16.9. The number of halogens is 1. The van der Waals surface area contributed by atoms with Crippen LogP contribution in [0.25, 0.3) is 0 Å². The Kier molecular flexibility index (Phi) is 6.62. The maximum absolute atomic E-state index is 10.6. The molecule has 0 heterocycles. The van der Waals surface area contributed by atoms with Crippen LogP contribution in [0.1, 0.15) is 23.2 Å². The number of benzene rings is 1. The fourth-order valence-electron chi connectivity index (χ4n) is 1.93. The quantitative estimate of drug-likeness (QED) is 0.661. The van der Waals surface area contributed by atoms with Crippen LogP contribution in [0.4, 0.5) is 0 Å². The van der Waals surface area contributed by atoms with Crippen molar-refractivity contribution in [2.24, 2.45) is 11.8 Å². The summed E-state index contributed by atoms with van der Waals surface area (Å²) in [4.78, 5) is 31.5. The molecule has 1 aromatic carbocycles. The Bertz CT molecular complexity index is 538. The van der Waals surface area contributed by atoms with Crippen LogP contribution in [0.15, 0.2) is 42.5 Å². The summed E-state index contributed by atoms with van der Waals surface area (Å²) in [7, 11) is 0. The van der Waals surface area contributed by atoms with Gasteiger partial charge in [-0.2, -0.15) is 0 Å². The van der Waals surface area contributed by atoms with Gasteiger partial charge in [-0.15, -0.1) is 0 Å². The van der Waals surface area contributed by atoms with Crippen LogP contribution in [0.5, 0.6) is 0 Å². The molecule has 0 amide bonds. The lowest BCUT2D eigenvalue weighted by atomic mass is 9.84. The number of aliphatic carboxylic acids is 2. The van der Waals surface area contributed by atoms with Gasteiger partial charge < -0.3 is 10.2 Å². The van der Waals surface area contributed by atoms with Gasteiger partial charge in [0.05, 0.1) is 11.8 Å². The lowest BCUT2D eigenvalue weighted by molar-refractivity contribution is -0.152. The average molecular weight is 311 g/mol. The summed E-state index contributed by atoms with van der Waals surface area (Å²) in [6.07, 6.45) is 4.26. The van der Waals surface area contributed by atoms with Gasteiger partial charge in [-0.05, 0) is 24.4 Å². The maximum Gasteiger partial charge on any atom is 0.311 e. The van der Waals surface area contributed by atoms with E-state index >= 15 is 0 Å². The topological polar surface area (TPSA) is 91.7 Å². The third kappa shape index (κ3) is 5.39. The summed E-state index contributed by atoms with van der Waals surface area (Å²) < 4.78 is 0. The Labute approximate surface area is 126 Å². The highest BCUT2D eigenvalue weighted by Gasteiger charge is 2.32. The smallest absolute Gasteiger partial charge is 0.311 e. The first-order chi connectivity index (χ1) is 9.93. The number of rotatable bonds is 3. The SMILES string of the molecule is O=C(Cl)c1ccccc1.O=C(O)C1C=CCCC1C(=O)O. The van der Waals surface area contributed by atoms with Crippen molar-refractivity contribution >= 4 is 28.8 Å². The molecule has 2 rings (SSSR count). The normalized spacial score (nSPS) is 20.0. The second-order valence-corrected chi connectivity index (χ2v) is 4.80. The predicted octanol–water partition coefficient (Wildman–Crippen LogP) is 2.80. The third-order valence-corrected chi connectivity index (χ3v) is 3.24. The van der Waals surface area contributed by atoms with E-state index < -0.39 is 29.0 Å². The van der Waals surface area contributed by atoms with Crippen LogP contribution in [0, 0.1) is 11.8 Å². The zero-order chi connectivity index (χ0) is 15.8. The molecule has 0 spiro atoms. The third-order valence-electron chi connectivity index (χ3n) is 3.02. The Hall–Kier alpha value is -2.14. The zero-order valence-corrected chi connectivity index (χ0v) is 11.9. The Balaban J connectivity index is 0.000000219. The summed E-state index contributed by atoms with van der Waals surface area (Å²) in [5.74, 6) is -3.69. The lowest BCUT2D eigenvalue weighted by Crippen LogP contribution is -2.30. The number of allylic oxidation sites excluding steroid dienone is 1. The van der Waals surface area contributed by atoms with Crippen molar-refractivity contribution in [2.45, 2.75) is 12.8 Å². The first-order valence-corrected chi connectivity index (χ1v) is 6.68. The monoisotopic (exact) mass is 310 g/mol. The molecule has 1 aliphatic carbocycles. The van der Waals surface area contributed by atoms with Crippen molar-refractivity contribution in [1.82, 2.24) is 0 Å². The molecule has 0 aromatic heterocycles. The minimum atomic E-state index is -1.06. The van der Waals surface area contributed by atoms with Gasteiger partial charge in [0.25, 0.3) is 5.24 Å². The molecule has 2 N–H and O–H groups in total. The van der Waals surface area contributed by atoms with E-state index in [1.165, 1.54) is 6.08 Å². The van der Waals surface area contributed by atoms with Crippen LogP contribution in [0.2, 0.25) is 0 Å². The van der Waals surface area contributed by atoms with E-state index in [9.17, 15) is 14.4 Å². The molecule has 112 valence electrons. The van der Waals surface area contributed by atoms with Crippen molar-refractivity contribution in [3.05, 3.63) is 48.0 Å². The Morgan fingerprint density at radius 2 is 1.67 bits per heavy atom. The number of carboxylic acids is 2. The molecule has 1 aliphatic rings. The van der Waals surface area contributed by atoms with Crippen LogP contribution in [-0.2, 0) is 9.59 Å². The second-order valence-electron chi connectivity index (χ2n) is 4.45. The minimum absolute atomic E-state index is 0.407. The summed E-state index contributed by atoms with van der Waals surface area (Å²) in [5.41, 5.74) is 0.541. The Morgan fingerprint density at radius 1 is 1.05 bits per heavy atom. The molecule has 0 saturated carbocycles. The van der Waals surface area contributed by atoms with E-state index in [0.717, 1.165) is 0 Å². The van der Waals surface area contributed by atoms with Gasteiger partial charge in [0, 0.05) is 5.56 Å². The first kappa shape index (κ1) is 16.9. The second kappa shape index (κ2) is 8.21. The largest absolute Gasteiger partial charge is 0.481 e. The number of hydrogen-bond acceptors (Lipinski definition) is 3. The van der Waals surface area contributed by atoms with Gasteiger partial charge in [-0.1, -0.05) is 42.5 Å². The van der Waals surface area contributed by atoms with Crippen molar-refractivity contribution < 1.29 is 24.6 Å². The van der Waals surface area contributed by atoms with Crippen molar-refractivity contribution in [2.75, 3.05) is 0 Å². The molecule has 0 radical (unpaired) electrons. The standard InChI is InChI=1S/C8H10O4.C7H5ClO/c9-7(10)5-3-1-2-4-6(5)8(11)12;8-7(9)6-4-2-1-3-5-6/h1,3,5-6H,2,4H2,(H,9,10)(H,11,12);1-5H. The van der Waals surface area contributed by atoms with Gasteiger partial charge in [0.2, 0.25) is 0 Å². The van der Waals surface area contributed by atoms with E-state index in [-0.39, 0.29) is 0 Å². The molecule has 2 unspecified atom stereocenters. The van der Waals surface area contributed by atoms with Crippen LogP contribution < -0.4 is 0 Å². The first-order valence-electron chi connectivity index (χ1n) is 6.30. The van der Waals surface area contributed by atoms with E-state index in [4.69, 9.17) is 21.8 Å². The molecule has 5 nitrogen and oxygen atoms in total. The van der Waals surface area contributed by atoms with Crippen molar-refractivity contribution in [3.63, 3.8) is 0 Å². The fraction of sp³-hybridized carbons (Fsp3) is 0.267. The number of carbonyl (C=O) groups excluding carboxylic acids is 1.